The fraction of sp³-hybridized carbons (Fsp3) is 0.588. The van der Waals surface area contributed by atoms with E-state index in [1.807, 2.05) is 20.8 Å². The van der Waals surface area contributed by atoms with E-state index in [-0.39, 0.29) is 24.0 Å². The second kappa shape index (κ2) is 10.7. The molecule has 3 fully saturated rings. The summed E-state index contributed by atoms with van der Waals surface area (Å²) in [7, 11) is 0. The summed E-state index contributed by atoms with van der Waals surface area (Å²) in [4.78, 5) is 53.1. The Morgan fingerprint density at radius 2 is 1.63 bits per heavy atom. The molecule has 9 heteroatoms. The number of ketones is 1. The van der Waals surface area contributed by atoms with Crippen LogP contribution in [-0.4, -0.2) is 64.4 Å². The van der Waals surface area contributed by atoms with Crippen LogP contribution in [0.3, 0.4) is 0 Å². The first-order valence-corrected chi connectivity index (χ1v) is 15.0. The lowest BCUT2D eigenvalue weighted by atomic mass is 9.80. The largest absolute Gasteiger partial charge is 0.461 e. The van der Waals surface area contributed by atoms with Crippen LogP contribution in [0.1, 0.15) is 72.2 Å². The normalized spacial score (nSPS) is 40.8. The van der Waals surface area contributed by atoms with E-state index in [2.05, 4.69) is 0 Å². The average molecular weight is 595 g/mol. The van der Waals surface area contributed by atoms with Crippen molar-refractivity contribution in [2.75, 3.05) is 0 Å². The molecule has 9 nitrogen and oxygen atoms in total. The molecular formula is C34H42O9. The van der Waals surface area contributed by atoms with E-state index in [1.54, 1.807) is 70.2 Å². The maximum absolute atomic E-state index is 14.5. The lowest BCUT2D eigenvalue weighted by Crippen LogP contribution is -2.43. The quantitative estimate of drug-likeness (QED) is 0.174. The Hall–Kier alpha value is -3.30. The van der Waals surface area contributed by atoms with Crippen molar-refractivity contribution in [3.8, 4) is 0 Å². The Labute approximate surface area is 252 Å². The summed E-state index contributed by atoms with van der Waals surface area (Å²) in [5.74, 6) is -3.73. The first-order valence-electron chi connectivity index (χ1n) is 15.0. The van der Waals surface area contributed by atoms with Gasteiger partial charge in [-0.2, -0.15) is 0 Å². The number of aliphatic hydroxyl groups excluding tert-OH is 1. The van der Waals surface area contributed by atoms with Crippen LogP contribution in [0.15, 0.2) is 53.6 Å². The van der Waals surface area contributed by atoms with Gasteiger partial charge in [0.25, 0.3) is 0 Å². The number of benzene rings is 1. The molecular weight excluding hydrogens is 552 g/mol. The molecule has 3 aliphatic carbocycles. The molecule has 0 radical (unpaired) electrons. The molecule has 1 N–H and O–H groups in total. The molecule has 0 amide bonds. The maximum Gasteiger partial charge on any atom is 0.338 e. The van der Waals surface area contributed by atoms with Gasteiger partial charge in [0.1, 0.15) is 24.4 Å². The van der Waals surface area contributed by atoms with Crippen LogP contribution in [0.5, 0.6) is 0 Å². The Bertz CT molecular complexity index is 1390. The van der Waals surface area contributed by atoms with E-state index in [4.69, 9.17) is 18.9 Å². The summed E-state index contributed by atoms with van der Waals surface area (Å²) >= 11 is 0. The molecule has 1 aromatic carbocycles. The van der Waals surface area contributed by atoms with Crippen molar-refractivity contribution in [1.29, 1.82) is 0 Å². The van der Waals surface area contributed by atoms with Gasteiger partial charge in [0.15, 0.2) is 17.0 Å². The fourth-order valence-corrected chi connectivity index (χ4v) is 7.79. The van der Waals surface area contributed by atoms with Gasteiger partial charge in [-0.15, -0.1) is 0 Å². The number of aliphatic hydroxyl groups is 1. The van der Waals surface area contributed by atoms with Crippen LogP contribution >= 0.6 is 0 Å². The molecule has 4 aliphatic rings. The summed E-state index contributed by atoms with van der Waals surface area (Å²) in [5, 5.41) is 11.8. The zero-order valence-electron chi connectivity index (χ0n) is 26.1. The minimum absolute atomic E-state index is 0.246. The number of carbonyl (C=O) groups excluding carboxylic acids is 4. The number of Topliss-reactive ketones (excluding diaryl/α,β-unsaturated/α-hetero) is 1. The van der Waals surface area contributed by atoms with Crippen molar-refractivity contribution in [2.24, 2.45) is 29.1 Å². The number of epoxide rings is 1. The minimum Gasteiger partial charge on any atom is -0.461 e. The highest BCUT2D eigenvalue weighted by Crippen LogP contribution is 2.68. The van der Waals surface area contributed by atoms with Gasteiger partial charge in [-0.25, -0.2) is 9.59 Å². The Morgan fingerprint density at radius 1 is 1.00 bits per heavy atom. The average Bonchev–Trinajstić information content (AvgIpc) is 3.76. The molecule has 1 aliphatic heterocycles. The molecule has 5 rings (SSSR count). The van der Waals surface area contributed by atoms with E-state index >= 15 is 0 Å². The molecule has 0 aromatic heterocycles. The van der Waals surface area contributed by atoms with Crippen molar-refractivity contribution in [2.45, 2.75) is 97.4 Å². The summed E-state index contributed by atoms with van der Waals surface area (Å²) < 4.78 is 24.3. The Balaban J connectivity index is 1.62. The third-order valence-electron chi connectivity index (χ3n) is 10.3. The predicted octanol–water partition coefficient (Wildman–Crippen LogP) is 4.37. The van der Waals surface area contributed by atoms with Gasteiger partial charge < -0.3 is 24.1 Å². The third kappa shape index (κ3) is 4.85. The molecule has 0 bridgehead atoms. The fourth-order valence-electron chi connectivity index (χ4n) is 7.79. The first-order chi connectivity index (χ1) is 20.1. The van der Waals surface area contributed by atoms with E-state index in [0.717, 1.165) is 0 Å². The molecule has 1 heterocycles. The van der Waals surface area contributed by atoms with Gasteiger partial charge >= 0.3 is 17.9 Å². The van der Waals surface area contributed by atoms with Gasteiger partial charge in [-0.3, -0.25) is 9.59 Å². The van der Waals surface area contributed by atoms with Crippen LogP contribution < -0.4 is 0 Å². The van der Waals surface area contributed by atoms with Crippen LogP contribution in [-0.2, 0) is 33.3 Å². The van der Waals surface area contributed by atoms with Crippen molar-refractivity contribution in [3.63, 3.8) is 0 Å². The molecule has 43 heavy (non-hydrogen) atoms. The standard InChI is InChI=1S/C34H42O9/c1-9-17(2)30(38)41-27-24-23(32(24,7)8)26(40-21(6)35)20(5)28(37)33-16-19(4)29(34(33,43-33)15-18(3)25(27)36)42-31(39)22-13-11-10-12-14-22/h9-15,19-20,23-27,29,36H,16H2,1-8H3/b17-9+,18-15+/t19-,20+,23-,24+,25+,26+,27-,29-,33-,34-/m0/s1. The summed E-state index contributed by atoms with van der Waals surface area (Å²) in [6.07, 6.45) is -0.327. The Kier molecular flexibility index (Phi) is 7.75. The second-order valence-corrected chi connectivity index (χ2v) is 13.4. The molecule has 0 unspecified atom stereocenters. The number of esters is 3. The first kappa shape index (κ1) is 31.1. The topological polar surface area (TPSA) is 129 Å². The third-order valence-corrected chi connectivity index (χ3v) is 10.3. The van der Waals surface area contributed by atoms with Crippen LogP contribution in [0.2, 0.25) is 0 Å². The number of allylic oxidation sites excluding steroid dienone is 1. The molecule has 1 saturated heterocycles. The van der Waals surface area contributed by atoms with Crippen molar-refractivity contribution in [3.05, 3.63) is 59.2 Å². The molecule has 232 valence electrons. The number of fused-ring (bicyclic) bond motifs is 1. The number of carbonyl (C=O) groups is 4. The highest BCUT2D eigenvalue weighted by Gasteiger charge is 2.84. The summed E-state index contributed by atoms with van der Waals surface area (Å²) in [5.41, 5.74) is -2.02. The number of hydrogen-bond acceptors (Lipinski definition) is 9. The smallest absolute Gasteiger partial charge is 0.338 e. The predicted molar refractivity (Wildman–Crippen MR) is 156 cm³/mol. The molecule has 2 saturated carbocycles. The van der Waals surface area contributed by atoms with Crippen molar-refractivity contribution >= 4 is 23.7 Å². The van der Waals surface area contributed by atoms with Crippen molar-refractivity contribution < 1.29 is 43.2 Å². The van der Waals surface area contributed by atoms with E-state index in [0.29, 0.717) is 16.7 Å². The zero-order chi connectivity index (χ0) is 31.6. The van der Waals surface area contributed by atoms with Crippen LogP contribution in [0.4, 0.5) is 0 Å². The van der Waals surface area contributed by atoms with Gasteiger partial charge in [-0.1, -0.05) is 52.0 Å². The SMILES string of the molecule is C/C=C(\C)C(=O)O[C@H]1[C@H]2[C@@H]([C@H](OC(C)=O)[C@@H](C)C(=O)[C@@]34C[C@H](C)[C@H](OC(=O)c5ccccc5)[C@]3(/C=C(\C)[C@H]1O)O4)C2(C)C. The van der Waals surface area contributed by atoms with Gasteiger partial charge in [-0.05, 0) is 62.3 Å². The summed E-state index contributed by atoms with van der Waals surface area (Å²) in [6.45, 7) is 13.9. The number of ether oxygens (including phenoxy) is 4. The van der Waals surface area contributed by atoms with E-state index in [9.17, 15) is 24.3 Å². The van der Waals surface area contributed by atoms with Crippen LogP contribution in [0.25, 0.3) is 0 Å². The highest BCUT2D eigenvalue weighted by atomic mass is 16.7. The highest BCUT2D eigenvalue weighted by molar-refractivity contribution is 5.96. The monoisotopic (exact) mass is 594 g/mol. The van der Waals surface area contributed by atoms with Crippen molar-refractivity contribution in [1.82, 2.24) is 0 Å². The lowest BCUT2D eigenvalue weighted by Gasteiger charge is -2.28. The number of rotatable bonds is 5. The lowest BCUT2D eigenvalue weighted by molar-refractivity contribution is -0.157. The maximum atomic E-state index is 14.5. The minimum atomic E-state index is -1.34. The van der Waals surface area contributed by atoms with Gasteiger partial charge in [0, 0.05) is 24.3 Å². The van der Waals surface area contributed by atoms with Gasteiger partial charge in [0.2, 0.25) is 0 Å². The zero-order valence-corrected chi connectivity index (χ0v) is 26.1. The summed E-state index contributed by atoms with van der Waals surface area (Å²) in [6, 6.07) is 8.58. The van der Waals surface area contributed by atoms with Gasteiger partial charge in [0.05, 0.1) is 11.5 Å². The second-order valence-electron chi connectivity index (χ2n) is 13.4. The Morgan fingerprint density at radius 3 is 2.23 bits per heavy atom. The van der Waals surface area contributed by atoms with E-state index in [1.165, 1.54) is 6.92 Å². The number of hydrogen-bond donors (Lipinski definition) is 1. The molecule has 0 spiro atoms. The van der Waals surface area contributed by atoms with E-state index < -0.39 is 70.8 Å². The molecule has 1 aromatic rings. The van der Waals surface area contributed by atoms with Crippen LogP contribution in [0, 0.1) is 29.1 Å². The molecule has 10 atom stereocenters.